The fraction of sp³-hybridized carbons (Fsp3) is 0.476. The zero-order valence-corrected chi connectivity index (χ0v) is 19.2. The van der Waals surface area contributed by atoms with Gasteiger partial charge in [-0.1, -0.05) is 11.6 Å². The Bertz CT molecular complexity index is 1090. The largest absolute Gasteiger partial charge is 0.444 e. The van der Waals surface area contributed by atoms with Crippen LogP contribution in [0, 0.1) is 6.92 Å². The van der Waals surface area contributed by atoms with E-state index >= 15 is 0 Å². The molecular formula is C21H25ClN4O3S. The molecule has 1 amide bonds. The number of aromatic nitrogens is 2. The van der Waals surface area contributed by atoms with Crippen LogP contribution in [0.1, 0.15) is 44.5 Å². The SMILES string of the molecule is Cc1cnc(-c2cc(Cl)cc3nc(C4C(C)NCCN4C(=O)OC(C)(C)C)oc23)s1. The number of fused-ring (bicyclic) bond motifs is 1. The lowest BCUT2D eigenvalue weighted by Gasteiger charge is -2.39. The molecule has 7 nitrogen and oxygen atoms in total. The summed E-state index contributed by atoms with van der Waals surface area (Å²) < 4.78 is 11.9. The first-order valence-corrected chi connectivity index (χ1v) is 11.1. The second-order valence-electron chi connectivity index (χ2n) is 8.49. The Morgan fingerprint density at radius 3 is 2.83 bits per heavy atom. The second-order valence-corrected chi connectivity index (χ2v) is 10.2. The van der Waals surface area contributed by atoms with Crippen LogP contribution in [0.2, 0.25) is 5.02 Å². The molecule has 0 radical (unpaired) electrons. The van der Waals surface area contributed by atoms with Gasteiger partial charge in [0.1, 0.15) is 22.2 Å². The molecule has 1 aliphatic heterocycles. The van der Waals surface area contributed by atoms with Crippen LogP contribution in [0.15, 0.2) is 22.7 Å². The molecule has 2 aromatic heterocycles. The molecular weight excluding hydrogens is 424 g/mol. The fourth-order valence-corrected chi connectivity index (χ4v) is 4.58. The van der Waals surface area contributed by atoms with E-state index in [9.17, 15) is 4.79 Å². The molecule has 1 aromatic carbocycles. The summed E-state index contributed by atoms with van der Waals surface area (Å²) in [5.74, 6) is 0.451. The van der Waals surface area contributed by atoms with Crippen molar-refractivity contribution in [2.24, 2.45) is 0 Å². The summed E-state index contributed by atoms with van der Waals surface area (Å²) >= 11 is 7.92. The van der Waals surface area contributed by atoms with E-state index in [2.05, 4.69) is 10.3 Å². The number of oxazole rings is 1. The van der Waals surface area contributed by atoms with Crippen LogP contribution in [0.3, 0.4) is 0 Å². The van der Waals surface area contributed by atoms with E-state index in [1.54, 1.807) is 22.3 Å². The zero-order chi connectivity index (χ0) is 21.6. The first-order valence-electron chi connectivity index (χ1n) is 9.88. The van der Waals surface area contributed by atoms with Crippen LogP contribution in [0.4, 0.5) is 4.79 Å². The quantitative estimate of drug-likeness (QED) is 0.581. The summed E-state index contributed by atoms with van der Waals surface area (Å²) in [6.45, 7) is 10.8. The molecule has 0 aliphatic carbocycles. The topological polar surface area (TPSA) is 80.5 Å². The standard InChI is InChI=1S/C21H25ClN4O3S/c1-11-10-24-19(30-11)14-8-13(22)9-15-17(14)28-18(25-15)16-12(2)23-6-7-26(16)20(27)29-21(3,4)5/h8-10,12,16,23H,6-7H2,1-5H3. The highest BCUT2D eigenvalue weighted by Crippen LogP contribution is 2.37. The zero-order valence-electron chi connectivity index (χ0n) is 17.7. The molecule has 2 unspecified atom stereocenters. The van der Waals surface area contributed by atoms with Crippen LogP contribution in [0.5, 0.6) is 0 Å². The first-order chi connectivity index (χ1) is 14.1. The summed E-state index contributed by atoms with van der Waals surface area (Å²) in [6.07, 6.45) is 1.44. The van der Waals surface area contributed by atoms with Crippen LogP contribution in [-0.2, 0) is 4.74 Å². The van der Waals surface area contributed by atoms with Crippen molar-refractivity contribution < 1.29 is 13.9 Å². The Morgan fingerprint density at radius 2 is 2.17 bits per heavy atom. The van der Waals surface area contributed by atoms with Gasteiger partial charge in [-0.3, -0.25) is 4.90 Å². The van der Waals surface area contributed by atoms with Crippen molar-refractivity contribution in [2.75, 3.05) is 13.1 Å². The maximum atomic E-state index is 12.9. The van der Waals surface area contributed by atoms with Gasteiger partial charge in [0.15, 0.2) is 5.58 Å². The van der Waals surface area contributed by atoms with Gasteiger partial charge in [-0.2, -0.15) is 0 Å². The third-order valence-corrected chi connectivity index (χ3v) is 6.00. The number of ether oxygens (including phenoxy) is 1. The van der Waals surface area contributed by atoms with E-state index in [-0.39, 0.29) is 12.1 Å². The molecule has 0 bridgehead atoms. The first kappa shape index (κ1) is 21.1. The Labute approximate surface area is 184 Å². The maximum absolute atomic E-state index is 12.9. The Hall–Kier alpha value is -2.16. The molecule has 1 saturated heterocycles. The summed E-state index contributed by atoms with van der Waals surface area (Å²) in [7, 11) is 0. The van der Waals surface area contributed by atoms with Gasteiger partial charge in [-0.05, 0) is 46.8 Å². The van der Waals surface area contributed by atoms with Crippen molar-refractivity contribution in [3.05, 3.63) is 34.1 Å². The van der Waals surface area contributed by atoms with Crippen molar-refractivity contribution in [1.82, 2.24) is 20.2 Å². The lowest BCUT2D eigenvalue weighted by atomic mass is 10.1. The number of carbonyl (C=O) groups excluding carboxylic acids is 1. The van der Waals surface area contributed by atoms with Gasteiger partial charge < -0.3 is 14.5 Å². The lowest BCUT2D eigenvalue weighted by molar-refractivity contribution is 0.00267. The average molecular weight is 449 g/mol. The van der Waals surface area contributed by atoms with E-state index in [4.69, 9.17) is 25.7 Å². The maximum Gasteiger partial charge on any atom is 0.411 e. The van der Waals surface area contributed by atoms with Gasteiger partial charge in [-0.15, -0.1) is 11.3 Å². The minimum Gasteiger partial charge on any atom is -0.444 e. The number of carbonyl (C=O) groups is 1. The number of halogens is 1. The van der Waals surface area contributed by atoms with Crippen LogP contribution < -0.4 is 5.32 Å². The lowest BCUT2D eigenvalue weighted by Crippen LogP contribution is -2.54. The molecule has 1 aliphatic rings. The number of piperazine rings is 1. The van der Waals surface area contributed by atoms with Gasteiger partial charge in [-0.25, -0.2) is 14.8 Å². The number of benzene rings is 1. The fourth-order valence-electron chi connectivity index (χ4n) is 3.59. The van der Waals surface area contributed by atoms with Gasteiger partial charge in [0.2, 0.25) is 5.89 Å². The number of rotatable bonds is 2. The Morgan fingerprint density at radius 1 is 1.40 bits per heavy atom. The number of hydrogen-bond acceptors (Lipinski definition) is 7. The molecule has 3 aromatic rings. The van der Waals surface area contributed by atoms with Crippen molar-refractivity contribution in [3.63, 3.8) is 0 Å². The third kappa shape index (κ3) is 4.17. The van der Waals surface area contributed by atoms with Crippen LogP contribution in [-0.4, -0.2) is 45.7 Å². The molecule has 2 atom stereocenters. The highest BCUT2D eigenvalue weighted by molar-refractivity contribution is 7.15. The molecule has 1 N–H and O–H groups in total. The van der Waals surface area contributed by atoms with E-state index in [0.717, 1.165) is 15.4 Å². The Kier molecular flexibility index (Phi) is 5.50. The smallest absolute Gasteiger partial charge is 0.411 e. The predicted molar refractivity (Wildman–Crippen MR) is 118 cm³/mol. The van der Waals surface area contributed by atoms with E-state index in [1.165, 1.54) is 0 Å². The van der Waals surface area contributed by atoms with E-state index in [0.29, 0.717) is 35.1 Å². The van der Waals surface area contributed by atoms with Gasteiger partial charge in [0.25, 0.3) is 0 Å². The minimum atomic E-state index is -0.583. The highest BCUT2D eigenvalue weighted by Gasteiger charge is 2.38. The summed E-state index contributed by atoms with van der Waals surface area (Å²) in [4.78, 5) is 24.8. The predicted octanol–water partition coefficient (Wildman–Crippen LogP) is 5.18. The number of thiazole rings is 1. The number of aryl methyl sites for hydroxylation is 1. The van der Waals surface area contributed by atoms with Crippen molar-refractivity contribution >= 4 is 40.1 Å². The van der Waals surface area contributed by atoms with E-state index in [1.807, 2.05) is 46.9 Å². The molecule has 1 fully saturated rings. The van der Waals surface area contributed by atoms with Crippen molar-refractivity contribution in [3.8, 4) is 10.6 Å². The number of amides is 1. The number of hydrogen-bond donors (Lipinski definition) is 1. The molecule has 9 heteroatoms. The second kappa shape index (κ2) is 7.83. The van der Waals surface area contributed by atoms with E-state index < -0.39 is 11.6 Å². The summed E-state index contributed by atoms with van der Waals surface area (Å²) in [5.41, 5.74) is 1.47. The van der Waals surface area contributed by atoms with Crippen LogP contribution in [0.25, 0.3) is 21.7 Å². The molecule has 4 rings (SSSR count). The van der Waals surface area contributed by atoms with Gasteiger partial charge in [0.05, 0.1) is 5.56 Å². The number of nitrogens with zero attached hydrogens (tertiary/aromatic N) is 3. The Balaban J connectivity index is 1.78. The summed E-state index contributed by atoms with van der Waals surface area (Å²) in [5, 5.41) is 4.78. The van der Waals surface area contributed by atoms with Crippen LogP contribution >= 0.6 is 22.9 Å². The van der Waals surface area contributed by atoms with Gasteiger partial charge in [0, 0.05) is 35.2 Å². The normalized spacial score (nSPS) is 20.0. The average Bonchev–Trinajstić information content (AvgIpc) is 3.25. The molecule has 160 valence electrons. The molecule has 30 heavy (non-hydrogen) atoms. The highest BCUT2D eigenvalue weighted by atomic mass is 35.5. The summed E-state index contributed by atoms with van der Waals surface area (Å²) in [6, 6.07) is 3.16. The molecule has 3 heterocycles. The third-order valence-electron chi connectivity index (χ3n) is 4.83. The van der Waals surface area contributed by atoms with Gasteiger partial charge >= 0.3 is 6.09 Å². The molecule has 0 spiro atoms. The monoisotopic (exact) mass is 448 g/mol. The minimum absolute atomic E-state index is 0.0552. The van der Waals surface area contributed by atoms with Crippen molar-refractivity contribution in [1.29, 1.82) is 0 Å². The van der Waals surface area contributed by atoms with Crippen molar-refractivity contribution in [2.45, 2.75) is 52.3 Å². The number of nitrogens with one attached hydrogen (secondary N) is 1. The molecule has 0 saturated carbocycles.